The van der Waals surface area contributed by atoms with Crippen molar-refractivity contribution in [3.05, 3.63) is 53.2 Å². The van der Waals surface area contributed by atoms with Crippen LogP contribution in [0.15, 0.2) is 42.6 Å². The largest absolute Gasteiger partial charge is 0.506 e. The number of pyridine rings is 1. The highest BCUT2D eigenvalue weighted by molar-refractivity contribution is 6.32. The van der Waals surface area contributed by atoms with E-state index in [4.69, 9.17) is 11.6 Å². The molecule has 1 N–H and O–H groups in total. The third-order valence-electron chi connectivity index (χ3n) is 6.89. The number of aromatic hydroxyl groups is 1. The molecule has 1 aromatic heterocycles. The smallest absolute Gasteiger partial charge is 0.169 e. The van der Waals surface area contributed by atoms with E-state index in [0.717, 1.165) is 78.6 Å². The predicted octanol–water partition coefficient (Wildman–Crippen LogP) is 5.63. The second-order valence-electron chi connectivity index (χ2n) is 9.75. The number of nitrogens with zero attached hydrogens (tertiary/aromatic N) is 3. The zero-order valence-electron chi connectivity index (χ0n) is 19.2. The molecule has 1 saturated carbocycles. The van der Waals surface area contributed by atoms with Gasteiger partial charge < -0.3 is 14.9 Å². The van der Waals surface area contributed by atoms with Crippen molar-refractivity contribution in [2.75, 3.05) is 38.6 Å². The van der Waals surface area contributed by atoms with Gasteiger partial charge in [0.05, 0.1) is 21.8 Å². The van der Waals surface area contributed by atoms with Gasteiger partial charge in [0.15, 0.2) is 5.78 Å². The lowest BCUT2D eigenvalue weighted by molar-refractivity contribution is 0.0968. The van der Waals surface area contributed by atoms with Crippen LogP contribution in [0.2, 0.25) is 5.02 Å². The number of phenolic OH excluding ortho intramolecular Hbond substituents is 1. The van der Waals surface area contributed by atoms with Gasteiger partial charge in [-0.05, 0) is 81.1 Å². The predicted molar refractivity (Wildman–Crippen MR) is 134 cm³/mol. The summed E-state index contributed by atoms with van der Waals surface area (Å²) in [5, 5.41) is 11.2. The highest BCUT2D eigenvalue weighted by atomic mass is 35.5. The molecule has 33 heavy (non-hydrogen) atoms. The molecule has 3 aromatic rings. The molecule has 1 aliphatic carbocycles. The number of carbonyl (C=O) groups is 1. The van der Waals surface area contributed by atoms with Gasteiger partial charge in [-0.25, -0.2) is 0 Å². The number of fused-ring (bicyclic) bond motifs is 1. The summed E-state index contributed by atoms with van der Waals surface area (Å²) in [7, 11) is 4.26. The Hall–Kier alpha value is -2.63. The van der Waals surface area contributed by atoms with Crippen molar-refractivity contribution in [3.63, 3.8) is 0 Å². The van der Waals surface area contributed by atoms with Crippen molar-refractivity contribution in [2.45, 2.75) is 25.7 Å². The van der Waals surface area contributed by atoms with E-state index in [0.29, 0.717) is 10.9 Å². The average molecular weight is 464 g/mol. The third-order valence-corrected chi connectivity index (χ3v) is 7.19. The van der Waals surface area contributed by atoms with Gasteiger partial charge in [0, 0.05) is 37.1 Å². The van der Waals surface area contributed by atoms with Gasteiger partial charge in [0.2, 0.25) is 0 Å². The lowest BCUT2D eigenvalue weighted by Crippen LogP contribution is -2.38. The van der Waals surface area contributed by atoms with Crippen LogP contribution in [0.5, 0.6) is 5.75 Å². The second-order valence-corrected chi connectivity index (χ2v) is 10.2. The van der Waals surface area contributed by atoms with Crippen LogP contribution in [0.4, 0.5) is 5.69 Å². The van der Waals surface area contributed by atoms with E-state index < -0.39 is 0 Å². The summed E-state index contributed by atoms with van der Waals surface area (Å²) >= 11 is 6.17. The topological polar surface area (TPSA) is 56.7 Å². The minimum absolute atomic E-state index is 0.0708. The fraction of sp³-hybridized carbons (Fsp3) is 0.407. The van der Waals surface area contributed by atoms with Gasteiger partial charge in [-0.2, -0.15) is 0 Å². The van der Waals surface area contributed by atoms with E-state index in [1.165, 1.54) is 0 Å². The summed E-state index contributed by atoms with van der Waals surface area (Å²) in [5.41, 5.74) is 4.60. The standard InChI is InChI=1S/C27H30ClN3O2/c1-30(2)16-17-9-11-31(12-10-17)26-21-13-19(20-6-8-25(32)23(28)14-20)5-7-24(21)29-15-22(26)27(33)18-3-4-18/h5-8,13-15,17-18,32H,3-4,9-12,16H2,1-2H3. The molecule has 1 saturated heterocycles. The molecule has 0 spiro atoms. The Morgan fingerprint density at radius 2 is 1.79 bits per heavy atom. The zero-order chi connectivity index (χ0) is 23.1. The number of hydrogen-bond donors (Lipinski definition) is 1. The summed E-state index contributed by atoms with van der Waals surface area (Å²) in [6.45, 7) is 2.99. The number of aromatic nitrogens is 1. The maximum atomic E-state index is 13.2. The molecule has 172 valence electrons. The van der Waals surface area contributed by atoms with E-state index in [-0.39, 0.29) is 17.5 Å². The minimum Gasteiger partial charge on any atom is -0.506 e. The fourth-order valence-electron chi connectivity index (χ4n) is 4.99. The molecular formula is C27H30ClN3O2. The van der Waals surface area contributed by atoms with Crippen LogP contribution in [0.25, 0.3) is 22.0 Å². The third kappa shape index (κ3) is 4.57. The maximum Gasteiger partial charge on any atom is 0.169 e. The van der Waals surface area contributed by atoms with Crippen LogP contribution in [-0.4, -0.2) is 54.5 Å². The Labute approximate surface area is 200 Å². The molecule has 0 unspecified atom stereocenters. The van der Waals surface area contributed by atoms with Crippen molar-refractivity contribution >= 4 is 34.0 Å². The van der Waals surface area contributed by atoms with Crippen molar-refractivity contribution in [1.29, 1.82) is 0 Å². The Morgan fingerprint density at radius 1 is 1.09 bits per heavy atom. The summed E-state index contributed by atoms with van der Waals surface area (Å²) in [5.74, 6) is 1.13. The number of halogens is 1. The number of piperidine rings is 1. The minimum atomic E-state index is 0.0708. The number of ketones is 1. The summed E-state index contributed by atoms with van der Waals surface area (Å²) in [6.07, 6.45) is 5.99. The number of phenols is 1. The van der Waals surface area contributed by atoms with Crippen LogP contribution in [0, 0.1) is 11.8 Å². The summed E-state index contributed by atoms with van der Waals surface area (Å²) in [6, 6.07) is 11.4. The normalized spacial score (nSPS) is 17.2. The van der Waals surface area contributed by atoms with Gasteiger partial charge in [0.1, 0.15) is 5.75 Å². The first-order chi connectivity index (χ1) is 15.9. The summed E-state index contributed by atoms with van der Waals surface area (Å²) < 4.78 is 0. The SMILES string of the molecule is CN(C)CC1CCN(c2c(C(=O)C3CC3)cnc3ccc(-c4ccc(O)c(Cl)c4)cc23)CC1. The van der Waals surface area contributed by atoms with Crippen LogP contribution < -0.4 is 4.90 Å². The van der Waals surface area contributed by atoms with E-state index in [2.05, 4.69) is 34.9 Å². The Balaban J connectivity index is 1.58. The summed E-state index contributed by atoms with van der Waals surface area (Å²) in [4.78, 5) is 22.6. The van der Waals surface area contributed by atoms with Crippen LogP contribution in [-0.2, 0) is 0 Å². The second kappa shape index (κ2) is 8.96. The van der Waals surface area contributed by atoms with Gasteiger partial charge >= 0.3 is 0 Å². The average Bonchev–Trinajstić information content (AvgIpc) is 3.65. The highest BCUT2D eigenvalue weighted by Crippen LogP contribution is 2.40. The molecule has 6 heteroatoms. The molecule has 0 atom stereocenters. The number of anilines is 1. The molecule has 2 aliphatic rings. The van der Waals surface area contributed by atoms with Crippen molar-refractivity contribution in [1.82, 2.24) is 9.88 Å². The van der Waals surface area contributed by atoms with Crippen molar-refractivity contribution in [3.8, 4) is 16.9 Å². The Morgan fingerprint density at radius 3 is 2.45 bits per heavy atom. The van der Waals surface area contributed by atoms with Crippen LogP contribution >= 0.6 is 11.6 Å². The first-order valence-electron chi connectivity index (χ1n) is 11.8. The lowest BCUT2D eigenvalue weighted by Gasteiger charge is -2.36. The first kappa shape index (κ1) is 22.2. The molecule has 0 radical (unpaired) electrons. The van der Waals surface area contributed by atoms with Crippen molar-refractivity contribution < 1.29 is 9.90 Å². The molecule has 2 aromatic carbocycles. The Bertz CT molecular complexity index is 1200. The van der Waals surface area contributed by atoms with Crippen molar-refractivity contribution in [2.24, 2.45) is 11.8 Å². The molecule has 0 bridgehead atoms. The van der Waals surface area contributed by atoms with Gasteiger partial charge in [-0.3, -0.25) is 9.78 Å². The first-order valence-corrected chi connectivity index (χ1v) is 12.1. The van der Waals surface area contributed by atoms with Crippen LogP contribution in [0.3, 0.4) is 0 Å². The van der Waals surface area contributed by atoms with Gasteiger partial charge in [0.25, 0.3) is 0 Å². The monoisotopic (exact) mass is 463 g/mol. The Kier molecular flexibility index (Phi) is 6.02. The number of Topliss-reactive ketones (excluding diaryl/α,β-unsaturated/α-hetero) is 1. The molecule has 5 rings (SSSR count). The zero-order valence-corrected chi connectivity index (χ0v) is 20.0. The van der Waals surface area contributed by atoms with E-state index in [1.54, 1.807) is 18.3 Å². The molecule has 2 fully saturated rings. The van der Waals surface area contributed by atoms with Crippen LogP contribution in [0.1, 0.15) is 36.0 Å². The lowest BCUT2D eigenvalue weighted by atomic mass is 9.93. The van der Waals surface area contributed by atoms with E-state index in [9.17, 15) is 9.90 Å². The number of rotatable bonds is 6. The van der Waals surface area contributed by atoms with E-state index >= 15 is 0 Å². The number of hydrogen-bond acceptors (Lipinski definition) is 5. The number of carbonyl (C=O) groups excluding carboxylic acids is 1. The number of benzene rings is 2. The highest BCUT2D eigenvalue weighted by Gasteiger charge is 2.34. The molecule has 1 aliphatic heterocycles. The molecule has 2 heterocycles. The van der Waals surface area contributed by atoms with Gasteiger partial charge in [-0.1, -0.05) is 23.7 Å². The van der Waals surface area contributed by atoms with Gasteiger partial charge in [-0.15, -0.1) is 0 Å². The quantitative estimate of drug-likeness (QED) is 0.480. The molecular weight excluding hydrogens is 434 g/mol. The molecule has 5 nitrogen and oxygen atoms in total. The van der Waals surface area contributed by atoms with E-state index in [1.807, 2.05) is 18.2 Å². The fourth-order valence-corrected chi connectivity index (χ4v) is 5.17. The molecule has 0 amide bonds. The maximum absolute atomic E-state index is 13.2.